The van der Waals surface area contributed by atoms with Crippen LogP contribution in [0.2, 0.25) is 0 Å². The van der Waals surface area contributed by atoms with E-state index in [0.717, 1.165) is 55.1 Å². The monoisotopic (exact) mass is 312 g/mol. The van der Waals surface area contributed by atoms with Crippen LogP contribution in [0.3, 0.4) is 0 Å². The molecule has 3 rings (SSSR count). The maximum absolute atomic E-state index is 12.9. The number of carbonyl (C=O) groups is 1. The first-order chi connectivity index (χ1) is 11.1. The Kier molecular flexibility index (Phi) is 4.46. The van der Waals surface area contributed by atoms with E-state index in [-0.39, 0.29) is 5.91 Å². The Labute approximate surface area is 137 Å². The molecule has 0 aliphatic carbocycles. The van der Waals surface area contributed by atoms with Gasteiger partial charge in [0, 0.05) is 37.2 Å². The normalized spacial score (nSPS) is 17.7. The second-order valence-electron chi connectivity index (χ2n) is 6.29. The highest BCUT2D eigenvalue weighted by Crippen LogP contribution is 2.24. The SMILES string of the molecule is CCn1nc(C)c(C(=O)N2CCC(Cc3ccccn3)C2)c1C. The highest BCUT2D eigenvalue weighted by molar-refractivity contribution is 5.96. The number of aromatic nitrogens is 3. The lowest BCUT2D eigenvalue weighted by Crippen LogP contribution is -2.29. The third kappa shape index (κ3) is 3.14. The van der Waals surface area contributed by atoms with E-state index in [0.29, 0.717) is 5.92 Å². The zero-order valence-electron chi connectivity index (χ0n) is 14.1. The molecular formula is C18H24N4O. The smallest absolute Gasteiger partial charge is 0.257 e. The van der Waals surface area contributed by atoms with Crippen LogP contribution in [-0.2, 0) is 13.0 Å². The van der Waals surface area contributed by atoms with Gasteiger partial charge in [0.2, 0.25) is 0 Å². The summed E-state index contributed by atoms with van der Waals surface area (Å²) in [6.07, 6.45) is 3.82. The number of rotatable bonds is 4. The Balaban J connectivity index is 1.69. The van der Waals surface area contributed by atoms with Crippen molar-refractivity contribution >= 4 is 5.91 Å². The van der Waals surface area contributed by atoms with Crippen molar-refractivity contribution in [2.24, 2.45) is 5.92 Å². The Morgan fingerprint density at radius 1 is 1.35 bits per heavy atom. The van der Waals surface area contributed by atoms with Crippen molar-refractivity contribution in [2.75, 3.05) is 13.1 Å². The first-order valence-corrected chi connectivity index (χ1v) is 8.33. The molecule has 0 spiro atoms. The number of nitrogens with zero attached hydrogens (tertiary/aromatic N) is 4. The van der Waals surface area contributed by atoms with E-state index < -0.39 is 0 Å². The van der Waals surface area contributed by atoms with Gasteiger partial charge in [0.1, 0.15) is 0 Å². The molecule has 1 amide bonds. The number of hydrogen-bond acceptors (Lipinski definition) is 3. The van der Waals surface area contributed by atoms with E-state index in [1.165, 1.54) is 0 Å². The molecule has 1 aliphatic heterocycles. The zero-order valence-corrected chi connectivity index (χ0v) is 14.1. The fourth-order valence-electron chi connectivity index (χ4n) is 3.47. The predicted molar refractivity (Wildman–Crippen MR) is 89.3 cm³/mol. The molecule has 1 aliphatic rings. The van der Waals surface area contributed by atoms with Crippen molar-refractivity contribution in [1.82, 2.24) is 19.7 Å². The van der Waals surface area contributed by atoms with E-state index in [1.807, 2.05) is 48.7 Å². The number of aryl methyl sites for hydroxylation is 2. The van der Waals surface area contributed by atoms with Crippen LogP contribution in [0.5, 0.6) is 0 Å². The van der Waals surface area contributed by atoms with Gasteiger partial charge in [-0.3, -0.25) is 14.5 Å². The molecule has 5 nitrogen and oxygen atoms in total. The number of pyridine rings is 1. The van der Waals surface area contributed by atoms with Gasteiger partial charge in [-0.15, -0.1) is 0 Å². The third-order valence-corrected chi connectivity index (χ3v) is 4.69. The van der Waals surface area contributed by atoms with E-state index in [9.17, 15) is 4.79 Å². The van der Waals surface area contributed by atoms with Gasteiger partial charge in [-0.2, -0.15) is 5.10 Å². The molecule has 0 N–H and O–H groups in total. The summed E-state index contributed by atoms with van der Waals surface area (Å²) >= 11 is 0. The highest BCUT2D eigenvalue weighted by Gasteiger charge is 2.30. The molecule has 23 heavy (non-hydrogen) atoms. The number of likely N-dealkylation sites (tertiary alicyclic amines) is 1. The van der Waals surface area contributed by atoms with Gasteiger partial charge in [0.25, 0.3) is 5.91 Å². The van der Waals surface area contributed by atoms with E-state index in [1.54, 1.807) is 0 Å². The average molecular weight is 312 g/mol. The van der Waals surface area contributed by atoms with Crippen LogP contribution >= 0.6 is 0 Å². The van der Waals surface area contributed by atoms with Crippen molar-refractivity contribution in [2.45, 2.75) is 40.2 Å². The third-order valence-electron chi connectivity index (χ3n) is 4.69. The lowest BCUT2D eigenvalue weighted by atomic mass is 10.0. The highest BCUT2D eigenvalue weighted by atomic mass is 16.2. The molecule has 3 heterocycles. The summed E-state index contributed by atoms with van der Waals surface area (Å²) in [4.78, 5) is 19.2. The molecule has 1 unspecified atom stereocenters. The molecule has 0 saturated carbocycles. The quantitative estimate of drug-likeness (QED) is 0.872. The van der Waals surface area contributed by atoms with E-state index >= 15 is 0 Å². The molecule has 1 saturated heterocycles. The Morgan fingerprint density at radius 3 is 2.83 bits per heavy atom. The summed E-state index contributed by atoms with van der Waals surface area (Å²) < 4.78 is 1.91. The van der Waals surface area contributed by atoms with E-state index in [4.69, 9.17) is 0 Å². The standard InChI is InChI=1S/C18H24N4O/c1-4-22-14(3)17(13(2)20-22)18(23)21-10-8-15(12-21)11-16-7-5-6-9-19-16/h5-7,9,15H,4,8,10-12H2,1-3H3. The molecular weight excluding hydrogens is 288 g/mol. The Bertz CT molecular complexity index is 693. The van der Waals surface area contributed by atoms with Gasteiger partial charge >= 0.3 is 0 Å². The molecule has 1 atom stereocenters. The largest absolute Gasteiger partial charge is 0.338 e. The van der Waals surface area contributed by atoms with Crippen LogP contribution in [0.25, 0.3) is 0 Å². The summed E-state index contributed by atoms with van der Waals surface area (Å²) in [6, 6.07) is 6.01. The molecule has 1 fully saturated rings. The first kappa shape index (κ1) is 15.7. The van der Waals surface area contributed by atoms with E-state index in [2.05, 4.69) is 16.1 Å². The number of hydrogen-bond donors (Lipinski definition) is 0. The minimum absolute atomic E-state index is 0.128. The van der Waals surface area contributed by atoms with Crippen molar-refractivity contribution in [3.05, 3.63) is 47.0 Å². The van der Waals surface area contributed by atoms with Gasteiger partial charge in [0.15, 0.2) is 0 Å². The second-order valence-corrected chi connectivity index (χ2v) is 6.29. The van der Waals surface area contributed by atoms with Crippen LogP contribution in [0.4, 0.5) is 0 Å². The molecule has 122 valence electrons. The Hall–Kier alpha value is -2.17. The molecule has 5 heteroatoms. The van der Waals surface area contributed by atoms with Crippen molar-refractivity contribution in [3.63, 3.8) is 0 Å². The van der Waals surface area contributed by atoms with Crippen molar-refractivity contribution < 1.29 is 4.79 Å². The van der Waals surface area contributed by atoms with Gasteiger partial charge in [0.05, 0.1) is 11.3 Å². The molecule has 0 bridgehead atoms. The lowest BCUT2D eigenvalue weighted by Gasteiger charge is -2.17. The van der Waals surface area contributed by atoms with Crippen LogP contribution in [0.1, 0.15) is 40.8 Å². The van der Waals surface area contributed by atoms with Gasteiger partial charge in [-0.05, 0) is 51.7 Å². The van der Waals surface area contributed by atoms with Crippen molar-refractivity contribution in [3.8, 4) is 0 Å². The fraction of sp³-hybridized carbons (Fsp3) is 0.500. The number of carbonyl (C=O) groups excluding carboxylic acids is 1. The zero-order chi connectivity index (χ0) is 16.4. The van der Waals surface area contributed by atoms with Crippen LogP contribution in [0.15, 0.2) is 24.4 Å². The first-order valence-electron chi connectivity index (χ1n) is 8.33. The Morgan fingerprint density at radius 2 is 2.17 bits per heavy atom. The summed E-state index contributed by atoms with van der Waals surface area (Å²) in [6.45, 7) is 8.39. The van der Waals surface area contributed by atoms with Crippen LogP contribution in [-0.4, -0.2) is 38.7 Å². The minimum Gasteiger partial charge on any atom is -0.338 e. The molecule has 2 aromatic rings. The summed E-state index contributed by atoms with van der Waals surface area (Å²) in [7, 11) is 0. The van der Waals surface area contributed by atoms with Gasteiger partial charge < -0.3 is 4.90 Å². The minimum atomic E-state index is 0.128. The summed E-state index contributed by atoms with van der Waals surface area (Å²) in [5.74, 6) is 0.624. The van der Waals surface area contributed by atoms with Gasteiger partial charge in [-0.25, -0.2) is 0 Å². The topological polar surface area (TPSA) is 51.0 Å². The molecule has 0 aromatic carbocycles. The molecule has 0 radical (unpaired) electrons. The molecule has 2 aromatic heterocycles. The summed E-state index contributed by atoms with van der Waals surface area (Å²) in [5, 5.41) is 4.47. The maximum Gasteiger partial charge on any atom is 0.257 e. The van der Waals surface area contributed by atoms with Crippen LogP contribution in [0, 0.1) is 19.8 Å². The predicted octanol–water partition coefficient (Wildman–Crippen LogP) is 2.62. The second kappa shape index (κ2) is 6.52. The van der Waals surface area contributed by atoms with Crippen LogP contribution < -0.4 is 0 Å². The van der Waals surface area contributed by atoms with Crippen molar-refractivity contribution in [1.29, 1.82) is 0 Å². The van der Waals surface area contributed by atoms with Gasteiger partial charge in [-0.1, -0.05) is 6.07 Å². The maximum atomic E-state index is 12.9. The number of amides is 1. The fourth-order valence-corrected chi connectivity index (χ4v) is 3.47. The summed E-state index contributed by atoms with van der Waals surface area (Å²) in [5.41, 5.74) is 3.70. The lowest BCUT2D eigenvalue weighted by molar-refractivity contribution is 0.0785. The average Bonchev–Trinajstić information content (AvgIpc) is 3.12.